The molecule has 1 N–H and O–H groups in total. The first kappa shape index (κ1) is 50.4. The van der Waals surface area contributed by atoms with Crippen LogP contribution in [0.2, 0.25) is 0 Å². The van der Waals surface area contributed by atoms with Gasteiger partial charge in [-0.1, -0.05) is 174 Å². The molecule has 0 aromatic heterocycles. The number of nitrogens with zero attached hydrogens (tertiary/aromatic N) is 1. The van der Waals surface area contributed by atoms with Crippen LogP contribution in [-0.4, -0.2) is 74.0 Å². The summed E-state index contributed by atoms with van der Waals surface area (Å²) in [5.74, 6) is -0.295. The van der Waals surface area contributed by atoms with Crippen LogP contribution in [0.15, 0.2) is 0 Å². The average Bonchev–Trinajstić information content (AvgIpc) is 3.07. The molecule has 0 heterocycles. The maximum absolute atomic E-state index is 12.5. The standard InChI is InChI=1S/C41H82NO7PS/c1-6-8-10-12-14-16-18-20-22-24-26-28-30-32-34-41(51)49-39(38-48-50(44,45)47-36-35-42(3,4)5)37-46-40(43)33-31-29-27-25-23-21-19-17-15-13-11-9-7-2/h39H,6-38H2,1-5H3/p+1/t39-/m1/s1. The molecule has 0 bridgehead atoms. The van der Waals surface area contributed by atoms with Crippen LogP contribution >= 0.6 is 20.0 Å². The third-order valence-corrected chi connectivity index (χ3v) is 10.7. The molecule has 0 aliphatic carbocycles. The minimum Gasteiger partial charge on any atom is -0.478 e. The van der Waals surface area contributed by atoms with Crippen molar-refractivity contribution in [3.05, 3.63) is 0 Å². The van der Waals surface area contributed by atoms with Gasteiger partial charge < -0.3 is 18.9 Å². The molecule has 0 aliphatic heterocycles. The van der Waals surface area contributed by atoms with Crippen LogP contribution < -0.4 is 0 Å². The summed E-state index contributed by atoms with van der Waals surface area (Å²) >= 11 is 5.50. The lowest BCUT2D eigenvalue weighted by Crippen LogP contribution is -2.37. The van der Waals surface area contributed by atoms with Crippen molar-refractivity contribution in [1.82, 2.24) is 0 Å². The Hall–Kier alpha value is -0.570. The monoisotopic (exact) mass is 765 g/mol. The number of quaternary nitrogens is 1. The number of rotatable bonds is 39. The van der Waals surface area contributed by atoms with Crippen molar-refractivity contribution < 1.29 is 37.3 Å². The van der Waals surface area contributed by atoms with E-state index in [0.717, 1.165) is 32.1 Å². The van der Waals surface area contributed by atoms with Crippen LogP contribution in [-0.2, 0) is 27.9 Å². The highest BCUT2D eigenvalue weighted by Gasteiger charge is 2.26. The molecule has 51 heavy (non-hydrogen) atoms. The van der Waals surface area contributed by atoms with Crippen LogP contribution in [0.1, 0.15) is 200 Å². The Morgan fingerprint density at radius 2 is 0.961 bits per heavy atom. The van der Waals surface area contributed by atoms with Crippen LogP contribution in [0.5, 0.6) is 0 Å². The van der Waals surface area contributed by atoms with Gasteiger partial charge in [-0.3, -0.25) is 13.8 Å². The van der Waals surface area contributed by atoms with Crippen molar-refractivity contribution in [1.29, 1.82) is 0 Å². The highest BCUT2D eigenvalue weighted by Crippen LogP contribution is 2.43. The molecule has 0 fully saturated rings. The molecule has 0 spiro atoms. The maximum Gasteiger partial charge on any atom is 0.472 e. The molecular weight excluding hydrogens is 681 g/mol. The number of carbonyl (C=O) groups excluding carboxylic acids is 1. The molecule has 0 radical (unpaired) electrons. The lowest BCUT2D eigenvalue weighted by Gasteiger charge is -2.24. The van der Waals surface area contributed by atoms with E-state index >= 15 is 0 Å². The van der Waals surface area contributed by atoms with Gasteiger partial charge in [0.1, 0.15) is 19.8 Å². The Labute approximate surface area is 321 Å². The molecule has 0 aliphatic rings. The molecule has 0 saturated carbocycles. The first-order valence-electron chi connectivity index (χ1n) is 21.3. The van der Waals surface area contributed by atoms with Gasteiger partial charge >= 0.3 is 13.8 Å². The van der Waals surface area contributed by atoms with Gasteiger partial charge in [0.25, 0.3) is 0 Å². The molecule has 0 rings (SSSR count). The summed E-state index contributed by atoms with van der Waals surface area (Å²) in [7, 11) is 1.63. The molecule has 0 aromatic carbocycles. The summed E-state index contributed by atoms with van der Waals surface area (Å²) in [5, 5.41) is 0.411. The number of phosphoric ester groups is 1. The Morgan fingerprint density at radius 1 is 0.588 bits per heavy atom. The topological polar surface area (TPSA) is 91.3 Å². The van der Waals surface area contributed by atoms with Gasteiger partial charge in [-0.05, 0) is 25.1 Å². The lowest BCUT2D eigenvalue weighted by molar-refractivity contribution is -0.870. The summed E-state index contributed by atoms with van der Waals surface area (Å²) in [6.45, 7) is 4.80. The van der Waals surface area contributed by atoms with Gasteiger partial charge in [-0.15, -0.1) is 0 Å². The summed E-state index contributed by atoms with van der Waals surface area (Å²) in [6, 6.07) is 0. The van der Waals surface area contributed by atoms with Crippen molar-refractivity contribution >= 4 is 31.1 Å². The van der Waals surface area contributed by atoms with Crippen molar-refractivity contribution in [2.24, 2.45) is 0 Å². The van der Waals surface area contributed by atoms with Crippen molar-refractivity contribution in [2.75, 3.05) is 47.5 Å². The van der Waals surface area contributed by atoms with E-state index in [1.807, 2.05) is 21.1 Å². The fraction of sp³-hybridized carbons (Fsp3) is 0.951. The first-order valence-corrected chi connectivity index (χ1v) is 23.2. The second-order valence-corrected chi connectivity index (χ2v) is 17.7. The van der Waals surface area contributed by atoms with Crippen LogP contribution in [0.3, 0.4) is 0 Å². The van der Waals surface area contributed by atoms with Gasteiger partial charge in [0.05, 0.1) is 27.7 Å². The second kappa shape index (κ2) is 35.2. The molecule has 304 valence electrons. The fourth-order valence-electron chi connectivity index (χ4n) is 6.01. The molecule has 0 saturated heterocycles. The minimum atomic E-state index is -4.29. The van der Waals surface area contributed by atoms with Crippen molar-refractivity contribution in [3.63, 3.8) is 0 Å². The highest BCUT2D eigenvalue weighted by atomic mass is 32.1. The third kappa shape index (κ3) is 39.0. The van der Waals surface area contributed by atoms with E-state index in [1.54, 1.807) is 0 Å². The number of hydrogen-bond donors (Lipinski definition) is 1. The predicted molar refractivity (Wildman–Crippen MR) is 218 cm³/mol. The number of likely N-dealkylation sites (N-methyl/N-ethyl adjacent to an activating group) is 1. The van der Waals surface area contributed by atoms with Crippen LogP contribution in [0, 0.1) is 0 Å². The number of carbonyl (C=O) groups is 1. The van der Waals surface area contributed by atoms with Crippen molar-refractivity contribution in [3.8, 4) is 0 Å². The van der Waals surface area contributed by atoms with Crippen molar-refractivity contribution in [2.45, 2.75) is 206 Å². The first-order chi connectivity index (χ1) is 24.5. The van der Waals surface area contributed by atoms with E-state index in [2.05, 4.69) is 13.8 Å². The molecule has 2 atom stereocenters. The van der Waals surface area contributed by atoms with Crippen LogP contribution in [0.25, 0.3) is 0 Å². The number of ether oxygens (including phenoxy) is 2. The molecule has 0 aromatic rings. The predicted octanol–water partition coefficient (Wildman–Crippen LogP) is 12.4. The molecule has 0 amide bonds. The molecule has 10 heteroatoms. The largest absolute Gasteiger partial charge is 0.478 e. The number of unbranched alkanes of at least 4 members (excludes halogenated alkanes) is 25. The van der Waals surface area contributed by atoms with Gasteiger partial charge in [-0.25, -0.2) is 4.57 Å². The van der Waals surface area contributed by atoms with E-state index in [4.69, 9.17) is 30.7 Å². The maximum atomic E-state index is 12.5. The quantitative estimate of drug-likeness (QED) is 0.0217. The number of esters is 1. The van der Waals surface area contributed by atoms with Gasteiger partial charge in [0.15, 0.2) is 11.2 Å². The summed E-state index contributed by atoms with van der Waals surface area (Å²) < 4.78 is 34.9. The fourth-order valence-corrected chi connectivity index (χ4v) is 7.04. The summed E-state index contributed by atoms with van der Waals surface area (Å²) in [6.07, 6.45) is 34.4. The zero-order valence-corrected chi connectivity index (χ0v) is 35.8. The number of thiocarbonyl (C=S) groups is 1. The van der Waals surface area contributed by atoms with Gasteiger partial charge in [-0.2, -0.15) is 0 Å². The van der Waals surface area contributed by atoms with Crippen LogP contribution in [0.4, 0.5) is 0 Å². The SMILES string of the molecule is CCCCCCCCCCCCCCCCC(=S)O[C@H](COC(=O)CCCCCCCCCCCCCCC)COP(=O)(O)OCC[N+](C)(C)C. The number of hydrogen-bond acceptors (Lipinski definition) is 7. The highest BCUT2D eigenvalue weighted by molar-refractivity contribution is 7.80. The normalized spacial score (nSPS) is 13.6. The number of phosphoric acid groups is 1. The zero-order valence-electron chi connectivity index (χ0n) is 34.1. The third-order valence-electron chi connectivity index (χ3n) is 9.39. The van der Waals surface area contributed by atoms with E-state index in [1.165, 1.54) is 141 Å². The lowest BCUT2D eigenvalue weighted by atomic mass is 10.0. The molecular formula is C41H83NO7PS+. The van der Waals surface area contributed by atoms with Gasteiger partial charge in [0, 0.05) is 12.8 Å². The van der Waals surface area contributed by atoms with E-state index in [0.29, 0.717) is 28.9 Å². The Bertz CT molecular complexity index is 854. The smallest absolute Gasteiger partial charge is 0.472 e. The summed E-state index contributed by atoms with van der Waals surface area (Å²) in [4.78, 5) is 22.7. The van der Waals surface area contributed by atoms with E-state index in [9.17, 15) is 14.3 Å². The zero-order chi connectivity index (χ0) is 37.9. The van der Waals surface area contributed by atoms with E-state index in [-0.39, 0.29) is 25.8 Å². The minimum absolute atomic E-state index is 0.0778. The average molecular weight is 765 g/mol. The Balaban J connectivity index is 4.35. The second-order valence-electron chi connectivity index (χ2n) is 15.7. The van der Waals surface area contributed by atoms with E-state index < -0.39 is 13.9 Å². The molecule has 1 unspecified atom stereocenters. The summed E-state index contributed by atoms with van der Waals surface area (Å²) in [5.41, 5.74) is 0. The Kier molecular flexibility index (Phi) is 34.8. The Morgan fingerprint density at radius 3 is 1.35 bits per heavy atom. The van der Waals surface area contributed by atoms with Gasteiger partial charge in [0.2, 0.25) is 0 Å². The molecule has 8 nitrogen and oxygen atoms in total.